The molecular weight excluding hydrogens is 256 g/mol. The highest BCUT2D eigenvalue weighted by Crippen LogP contribution is 2.59. The molecule has 4 aliphatic carbocycles. The Morgan fingerprint density at radius 3 is 1.95 bits per heavy atom. The predicted molar refractivity (Wildman–Crippen MR) is 68.8 cm³/mol. The van der Waals surface area contributed by atoms with Crippen LogP contribution in [-0.4, -0.2) is 31.5 Å². The van der Waals surface area contributed by atoms with Crippen molar-refractivity contribution < 1.29 is 9.90 Å². The van der Waals surface area contributed by atoms with Crippen LogP contribution in [0.2, 0.25) is 0 Å². The molecule has 0 radical (unpaired) electrons. The fraction of sp³-hybridized carbons (Fsp3) is 0.786. The van der Waals surface area contributed by atoms with E-state index in [9.17, 15) is 4.79 Å². The lowest BCUT2D eigenvalue weighted by atomic mass is 9.49. The lowest BCUT2D eigenvalue weighted by molar-refractivity contribution is -0.136. The fourth-order valence-corrected chi connectivity index (χ4v) is 5.05. The standard InChI is InChI=1S/C14H18N4O2/c19-12(20)4-11-15-17-13(18-16-11)14-5-8-1-9(6-14)3-10(2-8)7-14/h8-10H,1-7H2,(H,19,20). The van der Waals surface area contributed by atoms with Gasteiger partial charge in [0.1, 0.15) is 6.42 Å². The Hall–Kier alpha value is -1.59. The normalized spacial score (nSPS) is 38.1. The van der Waals surface area contributed by atoms with Gasteiger partial charge in [0.2, 0.25) is 0 Å². The van der Waals surface area contributed by atoms with E-state index in [1.54, 1.807) is 0 Å². The molecule has 6 nitrogen and oxygen atoms in total. The number of rotatable bonds is 3. The minimum Gasteiger partial charge on any atom is -0.481 e. The number of aromatic nitrogens is 4. The van der Waals surface area contributed by atoms with Gasteiger partial charge in [-0.15, -0.1) is 20.4 Å². The molecule has 0 amide bonds. The maximum atomic E-state index is 10.6. The third-order valence-corrected chi connectivity index (χ3v) is 5.34. The van der Waals surface area contributed by atoms with E-state index in [2.05, 4.69) is 20.4 Å². The third kappa shape index (κ3) is 1.89. The number of carboxylic acid groups (broad SMARTS) is 1. The fourth-order valence-electron chi connectivity index (χ4n) is 5.05. The van der Waals surface area contributed by atoms with Crippen LogP contribution in [0, 0.1) is 17.8 Å². The van der Waals surface area contributed by atoms with Crippen molar-refractivity contribution in [3.8, 4) is 0 Å². The summed E-state index contributed by atoms with van der Waals surface area (Å²) in [5.74, 6) is 2.48. The summed E-state index contributed by atoms with van der Waals surface area (Å²) < 4.78 is 0. The van der Waals surface area contributed by atoms with Gasteiger partial charge in [-0.1, -0.05) is 0 Å². The summed E-state index contributed by atoms with van der Waals surface area (Å²) in [6.07, 6.45) is 7.41. The first kappa shape index (κ1) is 12.2. The minimum atomic E-state index is -0.948. The van der Waals surface area contributed by atoms with Crippen molar-refractivity contribution in [3.63, 3.8) is 0 Å². The zero-order valence-electron chi connectivity index (χ0n) is 11.3. The van der Waals surface area contributed by atoms with Gasteiger partial charge in [0.15, 0.2) is 11.6 Å². The molecule has 4 saturated carbocycles. The van der Waals surface area contributed by atoms with Crippen LogP contribution in [0.3, 0.4) is 0 Å². The van der Waals surface area contributed by atoms with Gasteiger partial charge in [0, 0.05) is 5.41 Å². The molecule has 0 saturated heterocycles. The Kier molecular flexibility index (Phi) is 2.56. The molecule has 0 aromatic carbocycles. The Labute approximate surface area is 117 Å². The van der Waals surface area contributed by atoms with Crippen molar-refractivity contribution in [2.45, 2.75) is 50.4 Å². The van der Waals surface area contributed by atoms with E-state index in [1.165, 1.54) is 38.5 Å². The third-order valence-electron chi connectivity index (χ3n) is 5.34. The summed E-state index contributed by atoms with van der Waals surface area (Å²) in [6, 6.07) is 0. The lowest BCUT2D eigenvalue weighted by Crippen LogP contribution is -2.49. The van der Waals surface area contributed by atoms with Crippen LogP contribution in [-0.2, 0) is 16.6 Å². The van der Waals surface area contributed by atoms with Crippen LogP contribution in [0.1, 0.15) is 50.2 Å². The Bertz CT molecular complexity index is 507. The van der Waals surface area contributed by atoms with E-state index in [1.807, 2.05) is 0 Å². The average Bonchev–Trinajstić information content (AvgIpc) is 2.37. The first-order valence-electron chi connectivity index (χ1n) is 7.41. The number of carbonyl (C=O) groups is 1. The van der Waals surface area contributed by atoms with Crippen molar-refractivity contribution in [1.82, 2.24) is 20.4 Å². The van der Waals surface area contributed by atoms with E-state index in [0.717, 1.165) is 23.6 Å². The van der Waals surface area contributed by atoms with E-state index < -0.39 is 5.97 Å². The predicted octanol–water partition coefficient (Wildman–Crippen LogP) is 1.36. The van der Waals surface area contributed by atoms with Gasteiger partial charge in [-0.2, -0.15) is 0 Å². The van der Waals surface area contributed by atoms with Crippen molar-refractivity contribution >= 4 is 5.97 Å². The second kappa shape index (κ2) is 4.20. The second-order valence-corrected chi connectivity index (χ2v) is 6.91. The zero-order chi connectivity index (χ0) is 13.7. The summed E-state index contributed by atoms with van der Waals surface area (Å²) in [4.78, 5) is 10.6. The molecule has 1 aromatic heterocycles. The number of nitrogens with zero attached hydrogens (tertiary/aromatic N) is 4. The highest BCUT2D eigenvalue weighted by Gasteiger charge is 2.53. The Morgan fingerprint density at radius 2 is 1.50 bits per heavy atom. The first-order valence-corrected chi connectivity index (χ1v) is 7.41. The van der Waals surface area contributed by atoms with Gasteiger partial charge < -0.3 is 5.11 Å². The maximum Gasteiger partial charge on any atom is 0.311 e. The monoisotopic (exact) mass is 274 g/mol. The number of carboxylic acids is 1. The van der Waals surface area contributed by atoms with Gasteiger partial charge in [-0.05, 0) is 56.3 Å². The van der Waals surface area contributed by atoms with Gasteiger partial charge >= 0.3 is 5.97 Å². The van der Waals surface area contributed by atoms with Crippen LogP contribution >= 0.6 is 0 Å². The first-order chi connectivity index (χ1) is 9.63. The molecule has 1 heterocycles. The molecular formula is C14H18N4O2. The van der Waals surface area contributed by atoms with E-state index in [-0.39, 0.29) is 17.7 Å². The Morgan fingerprint density at radius 1 is 1.00 bits per heavy atom. The van der Waals surface area contributed by atoms with Crippen molar-refractivity contribution in [2.75, 3.05) is 0 Å². The molecule has 6 heteroatoms. The molecule has 0 spiro atoms. The average molecular weight is 274 g/mol. The molecule has 0 atom stereocenters. The highest BCUT2D eigenvalue weighted by atomic mass is 16.4. The molecule has 0 aliphatic heterocycles. The molecule has 0 unspecified atom stereocenters. The maximum absolute atomic E-state index is 10.6. The Balaban J connectivity index is 1.62. The van der Waals surface area contributed by atoms with E-state index in [0.29, 0.717) is 0 Å². The van der Waals surface area contributed by atoms with Gasteiger partial charge in [-0.3, -0.25) is 4.79 Å². The second-order valence-electron chi connectivity index (χ2n) is 6.91. The smallest absolute Gasteiger partial charge is 0.311 e. The summed E-state index contributed by atoms with van der Waals surface area (Å²) in [6.45, 7) is 0. The molecule has 1 aromatic rings. The topological polar surface area (TPSA) is 88.9 Å². The summed E-state index contributed by atoms with van der Waals surface area (Å²) in [5, 5.41) is 25.1. The molecule has 4 fully saturated rings. The molecule has 1 N–H and O–H groups in total. The lowest BCUT2D eigenvalue weighted by Gasteiger charge is -2.55. The van der Waals surface area contributed by atoms with Crippen LogP contribution in [0.15, 0.2) is 0 Å². The van der Waals surface area contributed by atoms with E-state index >= 15 is 0 Å². The molecule has 5 rings (SSSR count). The summed E-state index contributed by atoms with van der Waals surface area (Å²) in [5.41, 5.74) is 0.0799. The SMILES string of the molecule is O=C(O)Cc1nnc(C23CC4CC(CC(C4)C2)C3)nn1. The van der Waals surface area contributed by atoms with Crippen LogP contribution in [0.5, 0.6) is 0 Å². The van der Waals surface area contributed by atoms with Crippen LogP contribution in [0.25, 0.3) is 0 Å². The van der Waals surface area contributed by atoms with Crippen LogP contribution in [0.4, 0.5) is 0 Å². The summed E-state index contributed by atoms with van der Waals surface area (Å²) in [7, 11) is 0. The largest absolute Gasteiger partial charge is 0.481 e. The number of aliphatic carboxylic acids is 1. The van der Waals surface area contributed by atoms with Crippen molar-refractivity contribution in [1.29, 1.82) is 0 Å². The number of hydrogen-bond acceptors (Lipinski definition) is 5. The van der Waals surface area contributed by atoms with E-state index in [4.69, 9.17) is 5.11 Å². The van der Waals surface area contributed by atoms with Gasteiger partial charge in [0.05, 0.1) is 0 Å². The molecule has 4 aliphatic rings. The zero-order valence-corrected chi connectivity index (χ0v) is 11.3. The molecule has 4 bridgehead atoms. The molecule has 20 heavy (non-hydrogen) atoms. The van der Waals surface area contributed by atoms with Crippen molar-refractivity contribution in [3.05, 3.63) is 11.6 Å². The van der Waals surface area contributed by atoms with Gasteiger partial charge in [-0.25, -0.2) is 0 Å². The van der Waals surface area contributed by atoms with Crippen LogP contribution < -0.4 is 0 Å². The van der Waals surface area contributed by atoms with Crippen molar-refractivity contribution in [2.24, 2.45) is 17.8 Å². The molecule has 106 valence electrons. The van der Waals surface area contributed by atoms with Gasteiger partial charge in [0.25, 0.3) is 0 Å². The number of hydrogen-bond donors (Lipinski definition) is 1. The minimum absolute atomic E-state index is 0.0799. The highest BCUT2D eigenvalue weighted by molar-refractivity contribution is 5.68. The summed E-state index contributed by atoms with van der Waals surface area (Å²) >= 11 is 0. The quantitative estimate of drug-likeness (QED) is 0.895.